The van der Waals surface area contributed by atoms with Crippen molar-refractivity contribution in [2.45, 2.75) is 0 Å². The third-order valence-electron chi connectivity index (χ3n) is 0. The van der Waals surface area contributed by atoms with E-state index in [1.54, 1.807) is 0 Å². The Labute approximate surface area is 93.6 Å². The van der Waals surface area contributed by atoms with Crippen molar-refractivity contribution in [1.29, 1.82) is 0 Å². The van der Waals surface area contributed by atoms with Gasteiger partial charge in [-0.05, 0) is 0 Å². The second kappa shape index (κ2) is 9.22. The molecule has 0 fully saturated rings. The van der Waals surface area contributed by atoms with E-state index >= 15 is 0 Å². The molecule has 0 saturated heterocycles. The Morgan fingerprint density at radius 1 is 1.33 bits per heavy atom. The molecule has 0 bridgehead atoms. The summed E-state index contributed by atoms with van der Waals surface area (Å²) in [7, 11) is -4.64. The van der Waals surface area contributed by atoms with E-state index in [0.717, 1.165) is 0 Å². The summed E-state index contributed by atoms with van der Waals surface area (Å²) in [4.78, 5) is 29.8. The van der Waals surface area contributed by atoms with Crippen LogP contribution < -0.4 is 56.5 Å². The quantitative estimate of drug-likeness (QED) is 0.195. The van der Waals surface area contributed by atoms with Crippen LogP contribution in [0.3, 0.4) is 0 Å². The van der Waals surface area contributed by atoms with Crippen molar-refractivity contribution in [1.82, 2.24) is 0 Å². The Hall–Kier alpha value is 1.22. The van der Waals surface area contributed by atoms with Crippen LogP contribution in [0.2, 0.25) is 0 Å². The zero-order valence-corrected chi connectivity index (χ0v) is 8.61. The fourth-order valence-corrected chi connectivity index (χ4v) is 0. The van der Waals surface area contributed by atoms with E-state index in [9.17, 15) is 0 Å². The minimum atomic E-state index is -4.64. The molecule has 50 valence electrons. The fourth-order valence-electron chi connectivity index (χ4n) is 0. The fraction of sp³-hybridized carbons (Fsp3) is 0. The predicted octanol–water partition coefficient (Wildman–Crippen LogP) is -5.56. The molecule has 0 radical (unpaired) electrons. The van der Waals surface area contributed by atoms with Crippen molar-refractivity contribution in [2.24, 2.45) is 0 Å². The summed E-state index contributed by atoms with van der Waals surface area (Å²) in [6.07, 6.45) is 0. The number of rotatable bonds is 0. The van der Waals surface area contributed by atoms with Crippen LogP contribution in [-0.4, -0.2) is 21.2 Å². The second-order valence-electron chi connectivity index (χ2n) is 0.610. The molecule has 0 spiro atoms. The Bertz CT molecular complexity index is 87.0. The van der Waals surface area contributed by atoms with Crippen LogP contribution in [0.15, 0.2) is 0 Å². The monoisotopic (exact) mass is 182 g/mol. The largest absolute Gasteiger partial charge is 1.00 e. The van der Waals surface area contributed by atoms with E-state index in [1.807, 2.05) is 0 Å². The van der Waals surface area contributed by atoms with Gasteiger partial charge in [-0.3, -0.25) is 0 Å². The van der Waals surface area contributed by atoms with Crippen LogP contribution in [0, 0.1) is 0 Å². The van der Waals surface area contributed by atoms with Gasteiger partial charge in [-0.1, -0.05) is 0 Å². The van der Waals surface area contributed by atoms with E-state index in [4.69, 9.17) is 29.1 Å². The first-order valence-corrected chi connectivity index (χ1v) is 2.82. The zero-order chi connectivity index (χ0) is 7.21. The van der Waals surface area contributed by atoms with E-state index < -0.39 is 14.3 Å². The minimum absolute atomic E-state index is 0. The summed E-state index contributed by atoms with van der Waals surface area (Å²) < 4.78 is 8.88. The Kier molecular flexibility index (Phi) is 17.1. The van der Waals surface area contributed by atoms with Crippen LogP contribution in [-0.2, 0) is 9.36 Å². The number of hydrogen-bond acceptors (Lipinski definition) is 3. The molecule has 6 nitrogen and oxygen atoms in total. The van der Waals surface area contributed by atoms with Gasteiger partial charge < -0.3 is 24.6 Å². The molecular weight excluding hydrogens is 178 g/mol. The van der Waals surface area contributed by atoms with E-state index in [2.05, 4.69) is 0 Å². The summed E-state index contributed by atoms with van der Waals surface area (Å²) in [5, 5.41) is 8.25. The average Bonchev–Trinajstić information content (AvgIpc) is 1.27. The maximum Gasteiger partial charge on any atom is 1.00 e. The number of hydrogen-bond donors (Lipinski definition) is 3. The Morgan fingerprint density at radius 2 is 1.33 bits per heavy atom. The van der Waals surface area contributed by atoms with Gasteiger partial charge in [-0.25, -0.2) is 4.57 Å². The van der Waals surface area contributed by atoms with Gasteiger partial charge in [0.25, 0.3) is 0 Å². The molecule has 0 rings (SSSR count). The van der Waals surface area contributed by atoms with Crippen molar-refractivity contribution in [3.63, 3.8) is 0 Å². The molecule has 0 aliphatic heterocycles. The summed E-state index contributed by atoms with van der Waals surface area (Å²) in [6.45, 7) is -0.500. The van der Waals surface area contributed by atoms with E-state index in [0.29, 0.717) is 0 Å². The van der Waals surface area contributed by atoms with Gasteiger partial charge in [0.05, 0.1) is 0 Å². The molecule has 3 N–H and O–H groups in total. The molecule has 8 heteroatoms. The van der Waals surface area contributed by atoms with Crippen LogP contribution in [0.4, 0.5) is 0 Å². The molecule has 0 atom stereocenters. The summed E-state index contributed by atoms with van der Waals surface area (Å²) in [5.74, 6) is 0. The molecule has 0 heterocycles. The molecule has 0 aromatic heterocycles. The van der Waals surface area contributed by atoms with Crippen LogP contribution in [0.1, 0.15) is 0 Å². The third kappa shape index (κ3) is 324. The first kappa shape index (κ1) is 16.7. The normalized spacial score (nSPS) is 7.89. The Morgan fingerprint density at radius 3 is 1.33 bits per heavy atom. The van der Waals surface area contributed by atoms with Gasteiger partial charge >= 0.3 is 59.2 Å². The maximum absolute atomic E-state index is 8.88. The van der Waals surface area contributed by atoms with Gasteiger partial charge in [0.2, 0.25) is 0 Å². The molecule has 0 unspecified atom stereocenters. The standard InChI is InChI=1S/CH2O2.K.H3O4P/c2-1-3;;1-5(2,3)4/h1H,(H,2,3);;(H3,1,2,3,4)/q;+1;/p-1. The van der Waals surface area contributed by atoms with Gasteiger partial charge in [0.1, 0.15) is 0 Å². The SMILES string of the molecule is O=C[O-].O=P(O)(O)O.[K+]. The number of phosphoric acid groups is 1. The van der Waals surface area contributed by atoms with Gasteiger partial charge in [-0.2, -0.15) is 0 Å². The number of carboxylic acid groups (broad SMARTS) is 1. The maximum atomic E-state index is 8.88. The molecule has 9 heavy (non-hydrogen) atoms. The van der Waals surface area contributed by atoms with Crippen LogP contribution in [0.5, 0.6) is 0 Å². The van der Waals surface area contributed by atoms with Crippen molar-refractivity contribution in [3.05, 3.63) is 0 Å². The average molecular weight is 182 g/mol. The van der Waals surface area contributed by atoms with Crippen molar-refractivity contribution >= 4 is 14.3 Å². The zero-order valence-electron chi connectivity index (χ0n) is 4.59. The number of carbonyl (C=O) groups excluding carboxylic acids is 1. The second-order valence-corrected chi connectivity index (χ2v) is 1.64. The molecule has 0 aliphatic rings. The molecule has 0 aromatic rings. The smallest absolute Gasteiger partial charge is 0.554 e. The van der Waals surface area contributed by atoms with Crippen molar-refractivity contribution in [2.75, 3.05) is 0 Å². The number of carbonyl (C=O) groups is 1. The molecule has 0 saturated carbocycles. The topological polar surface area (TPSA) is 118 Å². The minimum Gasteiger partial charge on any atom is -0.554 e. The molecular formula is CH4KO6P. The molecule has 0 amide bonds. The summed E-state index contributed by atoms with van der Waals surface area (Å²) in [6, 6.07) is 0. The Balaban J connectivity index is -0.0000000800. The van der Waals surface area contributed by atoms with Crippen molar-refractivity contribution in [3.8, 4) is 0 Å². The van der Waals surface area contributed by atoms with Gasteiger partial charge in [-0.15, -0.1) is 0 Å². The van der Waals surface area contributed by atoms with E-state index in [1.165, 1.54) is 0 Å². The summed E-state index contributed by atoms with van der Waals surface area (Å²) >= 11 is 0. The molecule has 0 aliphatic carbocycles. The van der Waals surface area contributed by atoms with Gasteiger partial charge in [0.15, 0.2) is 0 Å². The molecule has 0 aromatic carbocycles. The summed E-state index contributed by atoms with van der Waals surface area (Å²) in [5.41, 5.74) is 0. The van der Waals surface area contributed by atoms with Crippen LogP contribution in [0.25, 0.3) is 0 Å². The first-order chi connectivity index (χ1) is 3.41. The first-order valence-electron chi connectivity index (χ1n) is 1.25. The van der Waals surface area contributed by atoms with Gasteiger partial charge in [0, 0.05) is 6.47 Å². The van der Waals surface area contributed by atoms with E-state index in [-0.39, 0.29) is 51.4 Å². The predicted molar refractivity (Wildman–Crippen MR) is 20.3 cm³/mol. The van der Waals surface area contributed by atoms with Crippen LogP contribution >= 0.6 is 7.82 Å². The van der Waals surface area contributed by atoms with Crippen molar-refractivity contribution < 1.29 is 80.5 Å². The third-order valence-corrected chi connectivity index (χ3v) is 0.